The van der Waals surface area contributed by atoms with E-state index >= 15 is 0 Å². The van der Waals surface area contributed by atoms with Crippen molar-refractivity contribution in [2.45, 2.75) is 12.6 Å². The maximum absolute atomic E-state index is 5.72. The van der Waals surface area contributed by atoms with Crippen LogP contribution >= 0.6 is 11.8 Å². The Bertz CT molecular complexity index is 310. The Kier molecular flexibility index (Phi) is 2.99. The fraction of sp³-hybridized carbons (Fsp3) is 0.455. The molecular weight excluding hydrogens is 192 g/mol. The molecule has 1 aromatic carbocycles. The fourth-order valence-corrected chi connectivity index (χ4v) is 2.56. The molecule has 2 nitrogen and oxygen atoms in total. The molecular formula is C11H16N2S. The summed E-state index contributed by atoms with van der Waals surface area (Å²) in [5, 5.41) is 0. The maximum Gasteiger partial charge on any atom is 0.0467 e. The minimum absolute atomic E-state index is 0.625. The van der Waals surface area contributed by atoms with Crippen LogP contribution < -0.4 is 10.6 Å². The molecule has 1 aromatic rings. The Morgan fingerprint density at radius 3 is 2.71 bits per heavy atom. The van der Waals surface area contributed by atoms with Crippen LogP contribution in [0, 0.1) is 0 Å². The van der Waals surface area contributed by atoms with E-state index in [0.29, 0.717) is 12.6 Å². The summed E-state index contributed by atoms with van der Waals surface area (Å²) >= 11 is 2.01. The quantitative estimate of drug-likeness (QED) is 0.819. The average molecular weight is 208 g/mol. The Labute approximate surface area is 89.5 Å². The van der Waals surface area contributed by atoms with Crippen molar-refractivity contribution >= 4 is 17.4 Å². The van der Waals surface area contributed by atoms with Gasteiger partial charge < -0.3 is 10.6 Å². The van der Waals surface area contributed by atoms with Crippen LogP contribution in [0.4, 0.5) is 5.69 Å². The SMILES string of the molecule is CN(c1ccccc1CN)C1CSC1. The van der Waals surface area contributed by atoms with Gasteiger partial charge in [0.05, 0.1) is 0 Å². The lowest BCUT2D eigenvalue weighted by Crippen LogP contribution is -2.42. The zero-order valence-electron chi connectivity index (χ0n) is 8.44. The van der Waals surface area contributed by atoms with Gasteiger partial charge in [0.1, 0.15) is 0 Å². The molecule has 0 atom stereocenters. The first-order valence-corrected chi connectivity index (χ1v) is 6.07. The van der Waals surface area contributed by atoms with E-state index in [1.54, 1.807) is 0 Å². The number of benzene rings is 1. The van der Waals surface area contributed by atoms with Crippen molar-refractivity contribution in [3.8, 4) is 0 Å². The first kappa shape index (κ1) is 9.87. The molecule has 1 fully saturated rings. The summed E-state index contributed by atoms with van der Waals surface area (Å²) in [6, 6.07) is 9.10. The molecule has 0 aliphatic carbocycles. The normalized spacial score (nSPS) is 16.4. The molecule has 0 unspecified atom stereocenters. The summed E-state index contributed by atoms with van der Waals surface area (Å²) in [5.74, 6) is 2.49. The molecule has 1 saturated heterocycles. The highest BCUT2D eigenvalue weighted by Gasteiger charge is 2.23. The van der Waals surface area contributed by atoms with E-state index in [1.165, 1.54) is 22.8 Å². The fourth-order valence-electron chi connectivity index (χ4n) is 1.67. The van der Waals surface area contributed by atoms with E-state index in [4.69, 9.17) is 5.73 Å². The van der Waals surface area contributed by atoms with E-state index in [-0.39, 0.29) is 0 Å². The van der Waals surface area contributed by atoms with Gasteiger partial charge in [-0.05, 0) is 11.6 Å². The molecule has 2 rings (SSSR count). The van der Waals surface area contributed by atoms with Gasteiger partial charge >= 0.3 is 0 Å². The van der Waals surface area contributed by atoms with Crippen molar-refractivity contribution in [2.75, 3.05) is 23.5 Å². The van der Waals surface area contributed by atoms with Crippen LogP contribution in [0.3, 0.4) is 0 Å². The number of nitrogens with zero attached hydrogens (tertiary/aromatic N) is 1. The number of hydrogen-bond donors (Lipinski definition) is 1. The van der Waals surface area contributed by atoms with E-state index in [2.05, 4.69) is 36.2 Å². The number of anilines is 1. The Morgan fingerprint density at radius 2 is 2.14 bits per heavy atom. The first-order valence-electron chi connectivity index (χ1n) is 4.91. The Balaban J connectivity index is 2.20. The van der Waals surface area contributed by atoms with Gasteiger partial charge in [0, 0.05) is 36.8 Å². The van der Waals surface area contributed by atoms with E-state index in [1.807, 2.05) is 11.8 Å². The number of rotatable bonds is 3. The van der Waals surface area contributed by atoms with Gasteiger partial charge in [-0.15, -0.1) is 0 Å². The van der Waals surface area contributed by atoms with Gasteiger partial charge in [-0.1, -0.05) is 18.2 Å². The van der Waals surface area contributed by atoms with Gasteiger partial charge in [-0.25, -0.2) is 0 Å². The molecule has 2 N–H and O–H groups in total. The summed E-state index contributed by atoms with van der Waals surface area (Å²) in [6.07, 6.45) is 0. The zero-order chi connectivity index (χ0) is 9.97. The van der Waals surface area contributed by atoms with Crippen LogP contribution in [0.25, 0.3) is 0 Å². The number of thioether (sulfide) groups is 1. The molecule has 0 aromatic heterocycles. The van der Waals surface area contributed by atoms with Crippen LogP contribution in [0.2, 0.25) is 0 Å². The molecule has 76 valence electrons. The average Bonchev–Trinajstić information content (AvgIpc) is 2.15. The molecule has 14 heavy (non-hydrogen) atoms. The molecule has 1 aliphatic rings. The smallest absolute Gasteiger partial charge is 0.0467 e. The summed E-state index contributed by atoms with van der Waals surface area (Å²) in [6.45, 7) is 0.625. The molecule has 0 radical (unpaired) electrons. The van der Waals surface area contributed by atoms with Crippen molar-refractivity contribution in [2.24, 2.45) is 5.73 Å². The molecule has 1 aliphatic heterocycles. The summed E-state index contributed by atoms with van der Waals surface area (Å²) in [4.78, 5) is 2.36. The second kappa shape index (κ2) is 4.24. The predicted molar refractivity (Wildman–Crippen MR) is 63.8 cm³/mol. The highest BCUT2D eigenvalue weighted by molar-refractivity contribution is 8.00. The van der Waals surface area contributed by atoms with Crippen molar-refractivity contribution < 1.29 is 0 Å². The van der Waals surface area contributed by atoms with Gasteiger partial charge in [0.15, 0.2) is 0 Å². The van der Waals surface area contributed by atoms with Crippen LogP contribution in [0.1, 0.15) is 5.56 Å². The highest BCUT2D eigenvalue weighted by atomic mass is 32.2. The zero-order valence-corrected chi connectivity index (χ0v) is 9.26. The highest BCUT2D eigenvalue weighted by Crippen LogP contribution is 2.28. The largest absolute Gasteiger partial charge is 0.370 e. The Hall–Kier alpha value is -0.670. The van der Waals surface area contributed by atoms with Crippen molar-refractivity contribution in [1.29, 1.82) is 0 Å². The molecule has 0 saturated carbocycles. The van der Waals surface area contributed by atoms with E-state index < -0.39 is 0 Å². The molecule has 3 heteroatoms. The lowest BCUT2D eigenvalue weighted by molar-refractivity contribution is 0.739. The number of hydrogen-bond acceptors (Lipinski definition) is 3. The second-order valence-corrected chi connectivity index (χ2v) is 4.71. The predicted octanol–water partition coefficient (Wildman–Crippen LogP) is 1.70. The van der Waals surface area contributed by atoms with Gasteiger partial charge in [0.2, 0.25) is 0 Å². The lowest BCUT2D eigenvalue weighted by Gasteiger charge is -2.36. The Morgan fingerprint density at radius 1 is 1.43 bits per heavy atom. The maximum atomic E-state index is 5.72. The summed E-state index contributed by atoms with van der Waals surface area (Å²) in [5.41, 5.74) is 8.25. The molecule has 0 bridgehead atoms. The topological polar surface area (TPSA) is 29.3 Å². The summed E-state index contributed by atoms with van der Waals surface area (Å²) < 4.78 is 0. The lowest BCUT2D eigenvalue weighted by atomic mass is 10.1. The summed E-state index contributed by atoms with van der Waals surface area (Å²) in [7, 11) is 2.17. The third-order valence-electron chi connectivity index (χ3n) is 2.76. The minimum Gasteiger partial charge on any atom is -0.370 e. The van der Waals surface area contributed by atoms with Crippen LogP contribution in [0.15, 0.2) is 24.3 Å². The van der Waals surface area contributed by atoms with E-state index in [9.17, 15) is 0 Å². The second-order valence-electron chi connectivity index (χ2n) is 3.64. The third-order valence-corrected chi connectivity index (χ3v) is 4.00. The van der Waals surface area contributed by atoms with Crippen molar-refractivity contribution in [1.82, 2.24) is 0 Å². The molecule has 0 amide bonds. The molecule has 1 heterocycles. The standard InChI is InChI=1S/C11H16N2S/c1-13(10-7-14-8-10)11-5-3-2-4-9(11)6-12/h2-5,10H,6-8,12H2,1H3. The minimum atomic E-state index is 0.625. The van der Waals surface area contributed by atoms with Crippen LogP contribution in [-0.2, 0) is 6.54 Å². The van der Waals surface area contributed by atoms with Gasteiger partial charge in [-0.3, -0.25) is 0 Å². The van der Waals surface area contributed by atoms with E-state index in [0.717, 1.165) is 0 Å². The number of para-hydroxylation sites is 1. The number of nitrogens with two attached hydrogens (primary N) is 1. The van der Waals surface area contributed by atoms with Crippen LogP contribution in [-0.4, -0.2) is 24.6 Å². The monoisotopic (exact) mass is 208 g/mol. The first-order chi connectivity index (χ1) is 6.83. The van der Waals surface area contributed by atoms with Crippen LogP contribution in [0.5, 0.6) is 0 Å². The van der Waals surface area contributed by atoms with Gasteiger partial charge in [-0.2, -0.15) is 11.8 Å². The van der Waals surface area contributed by atoms with Crippen molar-refractivity contribution in [3.05, 3.63) is 29.8 Å². The van der Waals surface area contributed by atoms with Gasteiger partial charge in [0.25, 0.3) is 0 Å². The van der Waals surface area contributed by atoms with Crippen molar-refractivity contribution in [3.63, 3.8) is 0 Å². The molecule has 0 spiro atoms. The third kappa shape index (κ3) is 1.74.